The van der Waals surface area contributed by atoms with Crippen molar-refractivity contribution in [1.82, 2.24) is 10.2 Å². The van der Waals surface area contributed by atoms with Crippen molar-refractivity contribution in [2.75, 3.05) is 32.8 Å². The first-order valence-corrected chi connectivity index (χ1v) is 4.63. The molecule has 0 aromatic rings. The van der Waals surface area contributed by atoms with E-state index in [0.717, 1.165) is 0 Å². The summed E-state index contributed by atoms with van der Waals surface area (Å²) in [4.78, 5) is 13.2. The molecule has 1 atom stereocenters. The lowest BCUT2D eigenvalue weighted by atomic mass is 10.2. The molecule has 0 aliphatic carbocycles. The van der Waals surface area contributed by atoms with Crippen molar-refractivity contribution in [2.24, 2.45) is 5.92 Å². The Morgan fingerprint density at radius 2 is 2.31 bits per heavy atom. The molecule has 4 nitrogen and oxygen atoms in total. The first-order chi connectivity index (χ1) is 6.20. The van der Waals surface area contributed by atoms with Gasteiger partial charge in [0.2, 0.25) is 0 Å². The van der Waals surface area contributed by atoms with Gasteiger partial charge in [0, 0.05) is 19.6 Å². The summed E-state index contributed by atoms with van der Waals surface area (Å²) in [5.74, 6) is 0.255. The third kappa shape index (κ3) is 3.63. The van der Waals surface area contributed by atoms with Crippen LogP contribution in [0.1, 0.15) is 8.35 Å². The topological polar surface area (TPSA) is 41.6 Å². The smallest absolute Gasteiger partial charge is 0.378 e. The van der Waals surface area contributed by atoms with Gasteiger partial charge in [-0.2, -0.15) is 0 Å². The number of urea groups is 1. The Bertz CT molecular complexity index is 170. The van der Waals surface area contributed by atoms with Crippen LogP contribution in [0.15, 0.2) is 0 Å². The first kappa shape index (κ1) is 10.3. The van der Waals surface area contributed by atoms with Gasteiger partial charge in [-0.25, -0.2) is 4.79 Å². The predicted octanol–water partition coefficient (Wildman–Crippen LogP) is 0.611. The van der Waals surface area contributed by atoms with Crippen molar-refractivity contribution in [3.8, 4) is 0 Å². The molecule has 75 valence electrons. The number of ether oxygens (including phenoxy) is 1. The molecule has 1 fully saturated rings. The Morgan fingerprint density at radius 1 is 1.69 bits per heavy atom. The minimum atomic E-state index is -0.00111. The van der Waals surface area contributed by atoms with Crippen LogP contribution in [-0.2, 0) is 4.74 Å². The quantitative estimate of drug-likeness (QED) is 0.686. The molecule has 1 aliphatic rings. The summed E-state index contributed by atoms with van der Waals surface area (Å²) in [7, 11) is 0. The van der Waals surface area contributed by atoms with Crippen molar-refractivity contribution in [1.29, 1.82) is 0 Å². The maximum atomic E-state index is 11.4. The molecule has 1 rings (SSSR count). The molecule has 2 amide bonds. The van der Waals surface area contributed by atoms with E-state index in [2.05, 4.69) is 12.2 Å². The standard InChI is InChI=1S/C9H17N2O2/c1-8(2)7-10-9(12)11-3-5-13-6-4-11/h8H,1,3-7H2,2H3,(H,10,12)/p+1. The summed E-state index contributed by atoms with van der Waals surface area (Å²) in [5, 5.41) is 2.82. The van der Waals surface area contributed by atoms with E-state index >= 15 is 0 Å². The van der Waals surface area contributed by atoms with E-state index < -0.39 is 0 Å². The number of carbonyl (C=O) groups excluding carboxylic acids is 1. The number of morpholine rings is 1. The zero-order chi connectivity index (χ0) is 9.68. The molecule has 1 radical (unpaired) electrons. The second-order valence-corrected chi connectivity index (χ2v) is 3.39. The molecule has 1 unspecified atom stereocenters. The molecular formula is C9H18N2O2+. The van der Waals surface area contributed by atoms with Gasteiger partial charge in [0.15, 0.2) is 0 Å². The number of hydrogen-bond donors (Lipinski definition) is 1. The van der Waals surface area contributed by atoms with Crippen LogP contribution in [0, 0.1) is 12.8 Å². The molecule has 1 saturated heterocycles. The molecule has 0 spiro atoms. The van der Waals surface area contributed by atoms with Crippen LogP contribution in [0.25, 0.3) is 0 Å². The molecule has 13 heavy (non-hydrogen) atoms. The largest absolute Gasteiger partial charge is 1.00 e. The second kappa shape index (κ2) is 5.07. The predicted molar refractivity (Wildman–Crippen MR) is 51.4 cm³/mol. The SMILES string of the molecule is [CH2]C(C)CNC(=O)N1CCOCC1.[H+]. The highest BCUT2D eigenvalue weighted by molar-refractivity contribution is 5.74. The lowest BCUT2D eigenvalue weighted by Gasteiger charge is -2.27. The van der Waals surface area contributed by atoms with Crippen LogP contribution in [0.4, 0.5) is 4.79 Å². The Morgan fingerprint density at radius 3 is 2.85 bits per heavy atom. The average Bonchev–Trinajstić information content (AvgIpc) is 2.15. The van der Waals surface area contributed by atoms with Crippen molar-refractivity contribution < 1.29 is 11.0 Å². The van der Waals surface area contributed by atoms with Gasteiger partial charge in [0.25, 0.3) is 0 Å². The zero-order valence-electron chi connectivity index (χ0n) is 9.08. The van der Waals surface area contributed by atoms with Crippen LogP contribution >= 0.6 is 0 Å². The monoisotopic (exact) mass is 186 g/mol. The summed E-state index contributed by atoms with van der Waals surface area (Å²) < 4.78 is 5.14. The maximum absolute atomic E-state index is 11.4. The van der Waals surface area contributed by atoms with E-state index in [1.807, 2.05) is 6.92 Å². The number of nitrogens with one attached hydrogen (secondary N) is 1. The van der Waals surface area contributed by atoms with Gasteiger partial charge in [-0.1, -0.05) is 6.92 Å². The Hall–Kier alpha value is -0.770. The summed E-state index contributed by atoms with van der Waals surface area (Å²) in [6, 6.07) is -0.00111. The molecule has 1 heterocycles. The number of nitrogens with zero attached hydrogens (tertiary/aromatic N) is 1. The van der Waals surface area contributed by atoms with Crippen LogP contribution in [-0.4, -0.2) is 43.8 Å². The molecule has 0 aromatic carbocycles. The maximum Gasteiger partial charge on any atom is 1.00 e. The summed E-state index contributed by atoms with van der Waals surface area (Å²) in [5.41, 5.74) is 0. The molecule has 4 heteroatoms. The average molecular weight is 186 g/mol. The van der Waals surface area contributed by atoms with E-state index in [9.17, 15) is 4.79 Å². The number of rotatable bonds is 2. The van der Waals surface area contributed by atoms with E-state index in [1.165, 1.54) is 0 Å². The van der Waals surface area contributed by atoms with Crippen LogP contribution in [0.2, 0.25) is 0 Å². The van der Waals surface area contributed by atoms with Gasteiger partial charge in [0.05, 0.1) is 13.2 Å². The van der Waals surface area contributed by atoms with Crippen molar-refractivity contribution >= 4 is 6.03 Å². The lowest BCUT2D eigenvalue weighted by Crippen LogP contribution is -2.46. The molecule has 1 N–H and O–H groups in total. The lowest BCUT2D eigenvalue weighted by molar-refractivity contribution is 0.0531. The molecule has 0 saturated carbocycles. The van der Waals surface area contributed by atoms with Crippen LogP contribution in [0.5, 0.6) is 0 Å². The minimum absolute atomic E-state index is 0. The second-order valence-electron chi connectivity index (χ2n) is 3.39. The molecule has 1 aliphatic heterocycles. The van der Waals surface area contributed by atoms with E-state index in [-0.39, 0.29) is 13.4 Å². The number of hydrogen-bond acceptors (Lipinski definition) is 2. The molecule has 0 aromatic heterocycles. The van der Waals surface area contributed by atoms with Gasteiger partial charge < -0.3 is 15.0 Å². The van der Waals surface area contributed by atoms with Gasteiger partial charge in [-0.05, 0) is 12.8 Å². The third-order valence-electron chi connectivity index (χ3n) is 1.90. The zero-order valence-corrected chi connectivity index (χ0v) is 8.08. The fraction of sp³-hybridized carbons (Fsp3) is 0.778. The van der Waals surface area contributed by atoms with Crippen LogP contribution in [0.3, 0.4) is 0 Å². The third-order valence-corrected chi connectivity index (χ3v) is 1.90. The van der Waals surface area contributed by atoms with E-state index in [1.54, 1.807) is 4.90 Å². The van der Waals surface area contributed by atoms with Crippen molar-refractivity contribution in [2.45, 2.75) is 6.92 Å². The highest BCUT2D eigenvalue weighted by atomic mass is 16.5. The fourth-order valence-corrected chi connectivity index (χ4v) is 1.14. The van der Waals surface area contributed by atoms with Crippen LogP contribution < -0.4 is 5.32 Å². The first-order valence-electron chi connectivity index (χ1n) is 4.63. The van der Waals surface area contributed by atoms with Crippen molar-refractivity contribution in [3.63, 3.8) is 0 Å². The number of carbonyl (C=O) groups is 1. The highest BCUT2D eigenvalue weighted by Gasteiger charge is 2.15. The number of amides is 2. The molecule has 0 bridgehead atoms. The summed E-state index contributed by atoms with van der Waals surface area (Å²) in [6.45, 7) is 9.08. The van der Waals surface area contributed by atoms with Gasteiger partial charge in [-0.15, -0.1) is 0 Å². The Labute approximate surface area is 80.7 Å². The summed E-state index contributed by atoms with van der Waals surface area (Å²) >= 11 is 0. The van der Waals surface area contributed by atoms with Gasteiger partial charge in [0.1, 0.15) is 0 Å². The fourth-order valence-electron chi connectivity index (χ4n) is 1.14. The van der Waals surface area contributed by atoms with Crippen molar-refractivity contribution in [3.05, 3.63) is 6.92 Å². The highest BCUT2D eigenvalue weighted by Crippen LogP contribution is 1.97. The molecular weight excluding hydrogens is 168 g/mol. The normalized spacial score (nSPS) is 17.6. The summed E-state index contributed by atoms with van der Waals surface area (Å²) in [6.07, 6.45) is 0. The van der Waals surface area contributed by atoms with E-state index in [4.69, 9.17) is 4.74 Å². The Kier molecular flexibility index (Phi) is 4.02. The van der Waals surface area contributed by atoms with Gasteiger partial charge in [-0.3, -0.25) is 0 Å². The minimum Gasteiger partial charge on any atom is -0.378 e. The Balaban J connectivity index is 0.00000169. The van der Waals surface area contributed by atoms with E-state index in [0.29, 0.717) is 32.8 Å². The van der Waals surface area contributed by atoms with Gasteiger partial charge >= 0.3 is 7.46 Å².